The molecule has 0 aromatic carbocycles. The molecule has 13 nitrogen and oxygen atoms in total. The quantitative estimate of drug-likeness (QED) is 0.186. The third-order valence-corrected chi connectivity index (χ3v) is 3.09. The average molecular weight is 433 g/mol. The van der Waals surface area contributed by atoms with Crippen LogP contribution in [0.3, 0.4) is 0 Å². The SMILES string of the molecule is CC(=O)OC[C@@H](OC(C)=O)[C@H](OC(C)=O)[C@H](OC(C)=O)[C@H](/C=C/[N+](=O)[O-])OC(C)=O. The van der Waals surface area contributed by atoms with Crippen molar-refractivity contribution >= 4 is 29.8 Å². The van der Waals surface area contributed by atoms with Crippen molar-refractivity contribution in [2.45, 2.75) is 59.0 Å². The van der Waals surface area contributed by atoms with Gasteiger partial charge in [0.05, 0.1) is 4.92 Å². The number of nitrogens with zero attached hydrogens (tertiary/aromatic N) is 1. The third-order valence-electron chi connectivity index (χ3n) is 3.09. The van der Waals surface area contributed by atoms with Gasteiger partial charge in [-0.3, -0.25) is 34.1 Å². The maximum Gasteiger partial charge on any atom is 0.303 e. The number of ether oxygens (including phenoxy) is 5. The van der Waals surface area contributed by atoms with E-state index in [1.165, 1.54) is 0 Å². The summed E-state index contributed by atoms with van der Waals surface area (Å²) in [7, 11) is 0. The lowest BCUT2D eigenvalue weighted by atomic mass is 10.0. The molecule has 4 atom stereocenters. The van der Waals surface area contributed by atoms with Gasteiger partial charge in [0.15, 0.2) is 24.4 Å². The molecule has 0 aromatic rings. The molecule has 0 N–H and O–H groups in total. The van der Waals surface area contributed by atoms with E-state index in [0.29, 0.717) is 6.20 Å². The van der Waals surface area contributed by atoms with E-state index < -0.39 is 65.8 Å². The van der Waals surface area contributed by atoms with Crippen LogP contribution >= 0.6 is 0 Å². The van der Waals surface area contributed by atoms with Gasteiger partial charge in [0, 0.05) is 40.7 Å². The number of carbonyl (C=O) groups is 5. The van der Waals surface area contributed by atoms with Crippen LogP contribution in [-0.4, -0.2) is 65.8 Å². The fourth-order valence-corrected chi connectivity index (χ4v) is 2.23. The lowest BCUT2D eigenvalue weighted by Gasteiger charge is -2.34. The first kappa shape index (κ1) is 26.5. The van der Waals surface area contributed by atoms with Crippen LogP contribution in [-0.2, 0) is 47.7 Å². The van der Waals surface area contributed by atoms with Crippen molar-refractivity contribution in [2.24, 2.45) is 0 Å². The van der Waals surface area contributed by atoms with Gasteiger partial charge < -0.3 is 23.7 Å². The third kappa shape index (κ3) is 11.4. The Morgan fingerprint density at radius 3 is 1.63 bits per heavy atom. The monoisotopic (exact) mass is 433 g/mol. The first-order valence-electron chi connectivity index (χ1n) is 8.47. The van der Waals surface area contributed by atoms with Gasteiger partial charge in [-0.25, -0.2) is 0 Å². The lowest BCUT2D eigenvalue weighted by Crippen LogP contribution is -2.52. The van der Waals surface area contributed by atoms with Gasteiger partial charge in [0.25, 0.3) is 0 Å². The number of esters is 5. The fourth-order valence-electron chi connectivity index (χ4n) is 2.23. The zero-order chi connectivity index (χ0) is 23.4. The van der Waals surface area contributed by atoms with Crippen LogP contribution in [0.5, 0.6) is 0 Å². The molecule has 168 valence electrons. The molecule has 0 amide bonds. The Bertz CT molecular complexity index is 701. The maximum absolute atomic E-state index is 11.6. The van der Waals surface area contributed by atoms with Gasteiger partial charge in [-0.15, -0.1) is 0 Å². The van der Waals surface area contributed by atoms with Crippen LogP contribution in [0, 0.1) is 10.1 Å². The Labute approximate surface area is 171 Å². The summed E-state index contributed by atoms with van der Waals surface area (Å²) in [5.41, 5.74) is 0. The molecule has 0 aliphatic rings. The van der Waals surface area contributed by atoms with Crippen LogP contribution in [0.2, 0.25) is 0 Å². The molecular weight excluding hydrogens is 410 g/mol. The van der Waals surface area contributed by atoms with Crippen LogP contribution in [0.4, 0.5) is 0 Å². The minimum atomic E-state index is -1.69. The van der Waals surface area contributed by atoms with Gasteiger partial charge in [-0.05, 0) is 0 Å². The number of nitro groups is 1. The minimum Gasteiger partial charge on any atom is -0.462 e. The normalized spacial score (nSPS) is 14.6. The summed E-state index contributed by atoms with van der Waals surface area (Å²) in [5.74, 6) is -4.39. The number of hydrogen-bond donors (Lipinski definition) is 0. The van der Waals surface area contributed by atoms with Crippen molar-refractivity contribution < 1.29 is 52.6 Å². The first-order valence-corrected chi connectivity index (χ1v) is 8.47. The molecule has 0 aliphatic carbocycles. The Kier molecular flexibility index (Phi) is 11.3. The van der Waals surface area contributed by atoms with Crippen molar-refractivity contribution in [1.29, 1.82) is 0 Å². The zero-order valence-corrected chi connectivity index (χ0v) is 17.0. The average Bonchev–Trinajstić information content (AvgIpc) is 2.57. The van der Waals surface area contributed by atoms with E-state index in [4.69, 9.17) is 23.7 Å². The van der Waals surface area contributed by atoms with E-state index in [2.05, 4.69) is 0 Å². The summed E-state index contributed by atoms with van der Waals surface area (Å²) in [6, 6.07) is 0. The van der Waals surface area contributed by atoms with E-state index in [-0.39, 0.29) is 0 Å². The molecule has 0 rings (SSSR count). The van der Waals surface area contributed by atoms with E-state index in [0.717, 1.165) is 40.7 Å². The first-order chi connectivity index (χ1) is 13.8. The highest BCUT2D eigenvalue weighted by Crippen LogP contribution is 2.21. The van der Waals surface area contributed by atoms with Gasteiger partial charge in [0.2, 0.25) is 6.20 Å². The Hall–Kier alpha value is -3.51. The summed E-state index contributed by atoms with van der Waals surface area (Å²) in [6.45, 7) is 4.42. The Morgan fingerprint density at radius 1 is 0.767 bits per heavy atom. The molecule has 0 saturated carbocycles. The van der Waals surface area contributed by atoms with E-state index in [1.54, 1.807) is 0 Å². The predicted molar refractivity (Wildman–Crippen MR) is 95.0 cm³/mol. The molecule has 0 aliphatic heterocycles. The number of hydrogen-bond acceptors (Lipinski definition) is 12. The number of rotatable bonds is 11. The standard InChI is InChI=1S/C17H23NO12/c1-9(19)26-8-15(28-11(3)21)17(30-13(5)23)16(29-12(4)22)14(27-10(2)20)6-7-18(24)25/h6-7,14-17H,8H2,1-5H3/b7-6+/t14-,15+,16+,17-/m0/s1. The summed E-state index contributed by atoms with van der Waals surface area (Å²) >= 11 is 0. The summed E-state index contributed by atoms with van der Waals surface area (Å²) in [6.07, 6.45) is -5.26. The summed E-state index contributed by atoms with van der Waals surface area (Å²) in [4.78, 5) is 67.2. The summed E-state index contributed by atoms with van der Waals surface area (Å²) in [5, 5.41) is 10.7. The highest BCUT2D eigenvalue weighted by atomic mass is 16.6. The molecule has 0 bridgehead atoms. The van der Waals surface area contributed by atoms with Crippen LogP contribution in [0.1, 0.15) is 34.6 Å². The Morgan fingerprint density at radius 2 is 1.23 bits per heavy atom. The van der Waals surface area contributed by atoms with Crippen LogP contribution in [0.25, 0.3) is 0 Å². The van der Waals surface area contributed by atoms with Gasteiger partial charge in [-0.1, -0.05) is 0 Å². The smallest absolute Gasteiger partial charge is 0.303 e. The van der Waals surface area contributed by atoms with Crippen molar-refractivity contribution in [3.05, 3.63) is 22.4 Å². The highest BCUT2D eigenvalue weighted by Gasteiger charge is 2.43. The van der Waals surface area contributed by atoms with Crippen LogP contribution < -0.4 is 0 Å². The maximum atomic E-state index is 11.6. The number of carbonyl (C=O) groups excluding carboxylic acids is 5. The molecule has 0 heterocycles. The molecule has 0 aromatic heterocycles. The molecule has 0 spiro atoms. The van der Waals surface area contributed by atoms with Crippen molar-refractivity contribution in [1.82, 2.24) is 0 Å². The molecule has 0 unspecified atom stereocenters. The molecule has 13 heteroatoms. The second-order valence-corrected chi connectivity index (χ2v) is 5.80. The molecule has 0 radical (unpaired) electrons. The van der Waals surface area contributed by atoms with E-state index >= 15 is 0 Å². The summed E-state index contributed by atoms with van der Waals surface area (Å²) < 4.78 is 25.0. The van der Waals surface area contributed by atoms with E-state index in [9.17, 15) is 34.1 Å². The fraction of sp³-hybridized carbons (Fsp3) is 0.588. The van der Waals surface area contributed by atoms with Crippen molar-refractivity contribution in [3.8, 4) is 0 Å². The predicted octanol–water partition coefficient (Wildman–Crippen LogP) is 0.0667. The van der Waals surface area contributed by atoms with Crippen molar-refractivity contribution in [2.75, 3.05) is 6.61 Å². The van der Waals surface area contributed by atoms with Gasteiger partial charge in [-0.2, -0.15) is 0 Å². The molecule has 30 heavy (non-hydrogen) atoms. The topological polar surface area (TPSA) is 175 Å². The van der Waals surface area contributed by atoms with Crippen molar-refractivity contribution in [3.63, 3.8) is 0 Å². The lowest BCUT2D eigenvalue weighted by molar-refractivity contribution is -0.403. The molecule has 0 fully saturated rings. The minimum absolute atomic E-state index is 0.418. The largest absolute Gasteiger partial charge is 0.462 e. The highest BCUT2D eigenvalue weighted by molar-refractivity contribution is 5.69. The van der Waals surface area contributed by atoms with Gasteiger partial charge >= 0.3 is 29.8 Å². The zero-order valence-electron chi connectivity index (χ0n) is 17.0. The molecule has 0 saturated heterocycles. The second kappa shape index (κ2) is 12.9. The molecular formula is C17H23NO12. The van der Waals surface area contributed by atoms with Crippen LogP contribution in [0.15, 0.2) is 12.3 Å². The van der Waals surface area contributed by atoms with E-state index in [1.807, 2.05) is 0 Å². The van der Waals surface area contributed by atoms with Gasteiger partial charge in [0.1, 0.15) is 6.61 Å². The Balaban J connectivity index is 6.33. The second-order valence-electron chi connectivity index (χ2n) is 5.80.